The number of amides is 1. The normalized spacial score (nSPS) is 11.9. The molecule has 1 amide bonds. The highest BCUT2D eigenvalue weighted by Gasteiger charge is 2.17. The van der Waals surface area contributed by atoms with Crippen molar-refractivity contribution in [3.63, 3.8) is 0 Å². The molecule has 2 aromatic carbocycles. The van der Waals surface area contributed by atoms with Crippen LogP contribution in [0.4, 0.5) is 5.69 Å². The number of aromatic nitrogens is 1. The van der Waals surface area contributed by atoms with Gasteiger partial charge in [0.25, 0.3) is 5.91 Å². The molecule has 0 aliphatic rings. The summed E-state index contributed by atoms with van der Waals surface area (Å²) in [6.07, 6.45) is 3.56. The molecule has 5 heteroatoms. The summed E-state index contributed by atoms with van der Waals surface area (Å²) in [5.41, 5.74) is 7.44. The second kappa shape index (κ2) is 6.89. The zero-order chi connectivity index (χ0) is 16.1. The van der Waals surface area contributed by atoms with Gasteiger partial charge in [-0.05, 0) is 36.2 Å². The van der Waals surface area contributed by atoms with Gasteiger partial charge in [-0.25, -0.2) is 0 Å². The molecule has 0 unspecified atom stereocenters. The lowest BCUT2D eigenvalue weighted by Crippen LogP contribution is -2.39. The molecule has 0 spiro atoms. The smallest absolute Gasteiger partial charge is 0.260 e. The van der Waals surface area contributed by atoms with Crippen molar-refractivity contribution in [1.29, 1.82) is 0 Å². The second-order valence-electron chi connectivity index (χ2n) is 5.18. The zero-order valence-corrected chi connectivity index (χ0v) is 12.8. The molecule has 3 aromatic rings. The van der Waals surface area contributed by atoms with Crippen molar-refractivity contribution in [2.45, 2.75) is 6.04 Å². The largest absolute Gasteiger partial charge is 0.305 e. The van der Waals surface area contributed by atoms with E-state index >= 15 is 0 Å². The Kier molecular flexibility index (Phi) is 4.49. The highest BCUT2D eigenvalue weighted by Crippen LogP contribution is 2.17. The Bertz CT molecular complexity index is 804. The molecule has 0 saturated heterocycles. The van der Waals surface area contributed by atoms with Gasteiger partial charge in [-0.15, -0.1) is 0 Å². The Morgan fingerprint density at radius 3 is 2.65 bits per heavy atom. The molecule has 3 N–H and O–H groups in total. The van der Waals surface area contributed by atoms with Crippen LogP contribution in [0.2, 0.25) is 0 Å². The summed E-state index contributed by atoms with van der Waals surface area (Å²) in [6, 6.07) is 17.0. The van der Waals surface area contributed by atoms with E-state index in [4.69, 9.17) is 0 Å². The number of likely N-dealkylation sites (N-methyl/N-ethyl adjacent to an activating group) is 1. The quantitative estimate of drug-likeness (QED) is 0.634. The molecule has 0 fully saturated rings. The lowest BCUT2D eigenvalue weighted by Gasteiger charge is -2.17. The molecule has 0 aliphatic carbocycles. The predicted octanol–water partition coefficient (Wildman–Crippen LogP) is 2.64. The van der Waals surface area contributed by atoms with E-state index in [1.807, 2.05) is 60.8 Å². The van der Waals surface area contributed by atoms with E-state index in [-0.39, 0.29) is 5.91 Å². The summed E-state index contributed by atoms with van der Waals surface area (Å²) in [5.74, 6) is -0.145. The van der Waals surface area contributed by atoms with E-state index in [0.29, 0.717) is 0 Å². The Balaban J connectivity index is 1.69. The maximum atomic E-state index is 12.4. The van der Waals surface area contributed by atoms with Crippen LogP contribution in [0.3, 0.4) is 0 Å². The fourth-order valence-electron chi connectivity index (χ4n) is 2.46. The number of hydrogen-bond donors (Lipinski definition) is 3. The van der Waals surface area contributed by atoms with Crippen LogP contribution in [0, 0.1) is 0 Å². The molecular weight excluding hydrogens is 288 g/mol. The minimum absolute atomic E-state index is 0.145. The minimum atomic E-state index is -0.409. The molecule has 3 rings (SSSR count). The van der Waals surface area contributed by atoms with Crippen LogP contribution >= 0.6 is 0 Å². The van der Waals surface area contributed by atoms with Gasteiger partial charge in [-0.2, -0.15) is 0 Å². The second-order valence-corrected chi connectivity index (χ2v) is 5.18. The summed E-state index contributed by atoms with van der Waals surface area (Å²) < 4.78 is 0. The first-order valence-electron chi connectivity index (χ1n) is 7.40. The third kappa shape index (κ3) is 3.46. The van der Waals surface area contributed by atoms with Crippen molar-refractivity contribution in [2.75, 3.05) is 12.5 Å². The fraction of sp³-hybridized carbons (Fsp3) is 0.111. The van der Waals surface area contributed by atoms with Crippen molar-refractivity contribution in [1.82, 2.24) is 15.7 Å². The Hall–Kier alpha value is -2.92. The molecular formula is C18H18N4O. The minimum Gasteiger partial charge on any atom is -0.305 e. The van der Waals surface area contributed by atoms with Crippen LogP contribution in [0.15, 0.2) is 67.0 Å². The predicted molar refractivity (Wildman–Crippen MR) is 91.8 cm³/mol. The first-order valence-corrected chi connectivity index (χ1v) is 7.40. The van der Waals surface area contributed by atoms with E-state index in [9.17, 15) is 4.79 Å². The topological polar surface area (TPSA) is 66.1 Å². The van der Waals surface area contributed by atoms with E-state index in [1.54, 1.807) is 13.2 Å². The Morgan fingerprint density at radius 2 is 1.87 bits per heavy atom. The number of rotatable bonds is 5. The average molecular weight is 306 g/mol. The van der Waals surface area contributed by atoms with Crippen molar-refractivity contribution in [3.05, 3.63) is 72.6 Å². The van der Waals surface area contributed by atoms with Crippen LogP contribution < -0.4 is 16.2 Å². The molecule has 5 nitrogen and oxygen atoms in total. The molecule has 1 atom stereocenters. The molecule has 1 aromatic heterocycles. The number of hydrogen-bond acceptors (Lipinski definition) is 4. The summed E-state index contributed by atoms with van der Waals surface area (Å²) in [6.45, 7) is 0. The number of nitrogens with zero attached hydrogens (tertiary/aromatic N) is 1. The van der Waals surface area contributed by atoms with Gasteiger partial charge in [-0.1, -0.05) is 36.4 Å². The molecule has 0 saturated carbocycles. The average Bonchev–Trinajstić information content (AvgIpc) is 2.61. The number of hydrazine groups is 1. The standard InChI is InChI=1S/C18H18N4O/c1-19-17(13-5-3-2-4-6-13)18(23)22-21-16-8-7-15-12-20-10-9-14(15)11-16/h2-12,17,19,21H,1H3,(H,22,23)/t17-/m1/s1. The molecule has 0 aliphatic heterocycles. The number of nitrogens with one attached hydrogen (secondary N) is 3. The van der Waals surface area contributed by atoms with E-state index in [2.05, 4.69) is 21.2 Å². The Morgan fingerprint density at radius 1 is 1.04 bits per heavy atom. The Labute approximate surface area is 134 Å². The van der Waals surface area contributed by atoms with Crippen molar-refractivity contribution < 1.29 is 4.79 Å². The molecule has 116 valence electrons. The van der Waals surface area contributed by atoms with Gasteiger partial charge in [-0.3, -0.25) is 20.6 Å². The van der Waals surface area contributed by atoms with Gasteiger partial charge in [0, 0.05) is 17.8 Å². The number of carbonyl (C=O) groups excluding carboxylic acids is 1. The van der Waals surface area contributed by atoms with E-state index < -0.39 is 6.04 Å². The van der Waals surface area contributed by atoms with Gasteiger partial charge < -0.3 is 5.32 Å². The SMILES string of the molecule is CN[C@@H](C(=O)NNc1ccc2cnccc2c1)c1ccccc1. The number of anilines is 1. The van der Waals surface area contributed by atoms with Crippen LogP contribution in [0.5, 0.6) is 0 Å². The summed E-state index contributed by atoms with van der Waals surface area (Å²) in [7, 11) is 1.76. The van der Waals surface area contributed by atoms with E-state index in [1.165, 1.54) is 0 Å². The molecule has 1 heterocycles. The highest BCUT2D eigenvalue weighted by molar-refractivity contribution is 5.87. The van der Waals surface area contributed by atoms with E-state index in [0.717, 1.165) is 22.0 Å². The zero-order valence-electron chi connectivity index (χ0n) is 12.8. The highest BCUT2D eigenvalue weighted by atomic mass is 16.2. The third-order valence-corrected chi connectivity index (χ3v) is 3.65. The maximum absolute atomic E-state index is 12.4. The van der Waals surface area contributed by atoms with Gasteiger partial charge in [0.15, 0.2) is 0 Å². The first-order chi connectivity index (χ1) is 11.3. The molecule has 0 bridgehead atoms. The first kappa shape index (κ1) is 15.0. The monoisotopic (exact) mass is 306 g/mol. The van der Waals surface area contributed by atoms with Crippen LogP contribution in [0.1, 0.15) is 11.6 Å². The van der Waals surface area contributed by atoms with Crippen molar-refractivity contribution in [2.24, 2.45) is 0 Å². The van der Waals surface area contributed by atoms with Gasteiger partial charge in [0.1, 0.15) is 6.04 Å². The third-order valence-electron chi connectivity index (χ3n) is 3.65. The number of carbonyl (C=O) groups is 1. The summed E-state index contributed by atoms with van der Waals surface area (Å²) >= 11 is 0. The molecule has 23 heavy (non-hydrogen) atoms. The number of fused-ring (bicyclic) bond motifs is 1. The van der Waals surface area contributed by atoms with Crippen molar-refractivity contribution in [3.8, 4) is 0 Å². The van der Waals surface area contributed by atoms with Gasteiger partial charge >= 0.3 is 0 Å². The van der Waals surface area contributed by atoms with Crippen LogP contribution in [-0.2, 0) is 4.79 Å². The van der Waals surface area contributed by atoms with Crippen molar-refractivity contribution >= 4 is 22.4 Å². The van der Waals surface area contributed by atoms with Crippen LogP contribution in [0.25, 0.3) is 10.8 Å². The number of pyridine rings is 1. The fourth-order valence-corrected chi connectivity index (χ4v) is 2.46. The lowest BCUT2D eigenvalue weighted by molar-refractivity contribution is -0.122. The summed E-state index contributed by atoms with van der Waals surface area (Å²) in [5, 5.41) is 5.14. The molecule has 0 radical (unpaired) electrons. The maximum Gasteiger partial charge on any atom is 0.260 e. The summed E-state index contributed by atoms with van der Waals surface area (Å²) in [4.78, 5) is 16.5. The lowest BCUT2D eigenvalue weighted by atomic mass is 10.1. The number of benzene rings is 2. The van der Waals surface area contributed by atoms with Crippen LogP contribution in [-0.4, -0.2) is 17.9 Å². The van der Waals surface area contributed by atoms with Gasteiger partial charge in [0.05, 0.1) is 5.69 Å². The van der Waals surface area contributed by atoms with Gasteiger partial charge in [0.2, 0.25) is 0 Å².